The zero-order valence-corrected chi connectivity index (χ0v) is 13.8. The largest absolute Gasteiger partial charge is 0.477 e. The van der Waals surface area contributed by atoms with Gasteiger partial charge in [0, 0.05) is 30.3 Å². The zero-order valence-electron chi connectivity index (χ0n) is 13.0. The summed E-state index contributed by atoms with van der Waals surface area (Å²) in [6, 6.07) is 3.76. The summed E-state index contributed by atoms with van der Waals surface area (Å²) in [6.07, 6.45) is 7.47. The first-order chi connectivity index (χ1) is 11.2. The van der Waals surface area contributed by atoms with Crippen molar-refractivity contribution >= 4 is 23.3 Å². The van der Waals surface area contributed by atoms with Crippen LogP contribution < -0.4 is 10.1 Å². The van der Waals surface area contributed by atoms with Crippen molar-refractivity contribution < 1.29 is 9.53 Å². The highest BCUT2D eigenvalue weighted by atomic mass is 32.1. The first-order valence-corrected chi connectivity index (χ1v) is 8.53. The molecule has 1 aliphatic carbocycles. The number of thiazole rings is 1. The average molecular weight is 329 g/mol. The Balaban J connectivity index is 1.43. The summed E-state index contributed by atoms with van der Waals surface area (Å²) in [7, 11) is 0. The number of carbonyl (C=O) groups is 1. The maximum atomic E-state index is 11.8. The van der Waals surface area contributed by atoms with Gasteiger partial charge in [-0.1, -0.05) is 6.07 Å². The molecular weight excluding hydrogens is 310 g/mol. The molecule has 0 spiro atoms. The van der Waals surface area contributed by atoms with E-state index in [1.165, 1.54) is 18.9 Å². The maximum absolute atomic E-state index is 11.8. The van der Waals surface area contributed by atoms with Gasteiger partial charge in [0.25, 0.3) is 0 Å². The molecule has 2 heterocycles. The van der Waals surface area contributed by atoms with Crippen LogP contribution in [0.3, 0.4) is 0 Å². The Kier molecular flexibility index (Phi) is 5.02. The van der Waals surface area contributed by atoms with E-state index in [1.54, 1.807) is 23.6 Å². The van der Waals surface area contributed by atoms with Crippen LogP contribution in [0.1, 0.15) is 29.1 Å². The summed E-state index contributed by atoms with van der Waals surface area (Å²) in [4.78, 5) is 20.3. The van der Waals surface area contributed by atoms with Gasteiger partial charge in [-0.3, -0.25) is 4.79 Å². The number of aryl methyl sites for hydroxylation is 1. The number of nitrogens with zero attached hydrogens (tertiary/aromatic N) is 2. The van der Waals surface area contributed by atoms with Crippen molar-refractivity contribution in [2.75, 3.05) is 6.61 Å². The predicted molar refractivity (Wildman–Crippen MR) is 90.2 cm³/mol. The fourth-order valence-electron chi connectivity index (χ4n) is 1.95. The molecule has 1 fully saturated rings. The minimum absolute atomic E-state index is 0.148. The number of pyridine rings is 1. The van der Waals surface area contributed by atoms with E-state index in [0.717, 1.165) is 22.9 Å². The topological polar surface area (TPSA) is 64.1 Å². The molecule has 0 atom stereocenters. The lowest BCUT2D eigenvalue weighted by Crippen LogP contribution is -2.20. The number of nitrogens with one attached hydrogen (secondary N) is 1. The Hall–Kier alpha value is -2.21. The van der Waals surface area contributed by atoms with Gasteiger partial charge < -0.3 is 10.1 Å². The highest BCUT2D eigenvalue weighted by molar-refractivity contribution is 7.09. The number of amides is 1. The Morgan fingerprint density at radius 1 is 1.48 bits per heavy atom. The zero-order chi connectivity index (χ0) is 16.1. The van der Waals surface area contributed by atoms with Crippen LogP contribution in [0.2, 0.25) is 0 Å². The number of hydrogen-bond donors (Lipinski definition) is 1. The summed E-state index contributed by atoms with van der Waals surface area (Å²) < 4.78 is 5.58. The minimum atomic E-state index is -0.148. The summed E-state index contributed by atoms with van der Waals surface area (Å²) in [5, 5.41) is 5.73. The fourth-order valence-corrected chi connectivity index (χ4v) is 2.54. The molecule has 120 valence electrons. The van der Waals surface area contributed by atoms with Crippen LogP contribution in [0.25, 0.3) is 6.08 Å². The first-order valence-electron chi connectivity index (χ1n) is 7.65. The molecule has 2 aromatic rings. The molecule has 3 rings (SSSR count). The molecule has 1 saturated carbocycles. The fraction of sp³-hybridized carbons (Fsp3) is 0.353. The molecule has 23 heavy (non-hydrogen) atoms. The highest BCUT2D eigenvalue weighted by Gasteiger charge is 2.21. The summed E-state index contributed by atoms with van der Waals surface area (Å²) >= 11 is 1.56. The van der Waals surface area contributed by atoms with Crippen molar-refractivity contribution in [3.8, 4) is 5.88 Å². The van der Waals surface area contributed by atoms with E-state index >= 15 is 0 Å². The van der Waals surface area contributed by atoms with E-state index in [2.05, 4.69) is 15.3 Å². The van der Waals surface area contributed by atoms with E-state index in [1.807, 2.05) is 24.4 Å². The maximum Gasteiger partial charge on any atom is 0.244 e. The second-order valence-corrected chi connectivity index (χ2v) is 6.66. The molecule has 1 aliphatic rings. The van der Waals surface area contributed by atoms with Crippen LogP contribution in [0.4, 0.5) is 0 Å². The average Bonchev–Trinajstić information content (AvgIpc) is 3.30. The number of carbonyl (C=O) groups excluding carboxylic acids is 1. The molecule has 0 aliphatic heterocycles. The third-order valence-corrected chi connectivity index (χ3v) is 4.26. The van der Waals surface area contributed by atoms with Crippen LogP contribution in [0, 0.1) is 12.8 Å². The normalized spacial score (nSPS) is 14.1. The quantitative estimate of drug-likeness (QED) is 0.793. The van der Waals surface area contributed by atoms with Gasteiger partial charge in [-0.05, 0) is 37.3 Å². The molecule has 0 bridgehead atoms. The van der Waals surface area contributed by atoms with Gasteiger partial charge in [0.15, 0.2) is 0 Å². The third kappa shape index (κ3) is 5.17. The minimum Gasteiger partial charge on any atom is -0.477 e. The predicted octanol–water partition coefficient (Wildman–Crippen LogP) is 2.96. The van der Waals surface area contributed by atoms with Crippen LogP contribution in [-0.4, -0.2) is 22.5 Å². The second kappa shape index (κ2) is 7.37. The van der Waals surface area contributed by atoms with Crippen molar-refractivity contribution in [2.24, 2.45) is 5.92 Å². The van der Waals surface area contributed by atoms with Crippen molar-refractivity contribution in [3.63, 3.8) is 0 Å². The van der Waals surface area contributed by atoms with Crippen molar-refractivity contribution in [1.29, 1.82) is 0 Å². The first kappa shape index (κ1) is 15.7. The molecule has 2 aromatic heterocycles. The van der Waals surface area contributed by atoms with E-state index in [4.69, 9.17) is 4.74 Å². The molecule has 6 heteroatoms. The smallest absolute Gasteiger partial charge is 0.244 e. The van der Waals surface area contributed by atoms with Crippen LogP contribution >= 0.6 is 11.3 Å². The van der Waals surface area contributed by atoms with Gasteiger partial charge in [-0.15, -0.1) is 11.3 Å². The standard InChI is InChI=1S/C17H19N3O2S/c1-12-20-15(11-23-12)5-6-16(21)18-8-14-4-7-17(19-9-14)22-10-13-2-3-13/h4-7,9,11,13H,2-3,8,10H2,1H3,(H,18,21)/b6-5-. The van der Waals surface area contributed by atoms with Gasteiger partial charge in [0.1, 0.15) is 0 Å². The number of hydrogen-bond acceptors (Lipinski definition) is 5. The van der Waals surface area contributed by atoms with Gasteiger partial charge in [0.2, 0.25) is 11.8 Å². The van der Waals surface area contributed by atoms with Crippen LogP contribution in [-0.2, 0) is 11.3 Å². The number of aromatic nitrogens is 2. The third-order valence-electron chi connectivity index (χ3n) is 3.47. The van der Waals surface area contributed by atoms with Gasteiger partial charge >= 0.3 is 0 Å². The Labute approximate surface area is 139 Å². The summed E-state index contributed by atoms with van der Waals surface area (Å²) in [5.41, 5.74) is 1.75. The monoisotopic (exact) mass is 329 g/mol. The molecule has 0 unspecified atom stereocenters. The van der Waals surface area contributed by atoms with Gasteiger partial charge in [-0.2, -0.15) is 0 Å². The van der Waals surface area contributed by atoms with Crippen molar-refractivity contribution in [3.05, 3.63) is 46.1 Å². The molecule has 1 amide bonds. The number of ether oxygens (including phenoxy) is 1. The molecule has 0 saturated heterocycles. The molecule has 0 aromatic carbocycles. The lowest BCUT2D eigenvalue weighted by molar-refractivity contribution is -0.116. The van der Waals surface area contributed by atoms with E-state index < -0.39 is 0 Å². The van der Waals surface area contributed by atoms with E-state index in [9.17, 15) is 4.79 Å². The number of rotatable bonds is 7. The lowest BCUT2D eigenvalue weighted by atomic mass is 10.3. The highest BCUT2D eigenvalue weighted by Crippen LogP contribution is 2.29. The van der Waals surface area contributed by atoms with Crippen LogP contribution in [0.15, 0.2) is 29.8 Å². The second-order valence-electron chi connectivity index (χ2n) is 5.60. The van der Waals surface area contributed by atoms with Crippen molar-refractivity contribution in [1.82, 2.24) is 15.3 Å². The molecular formula is C17H19N3O2S. The molecule has 5 nitrogen and oxygen atoms in total. The summed E-state index contributed by atoms with van der Waals surface area (Å²) in [5.74, 6) is 1.21. The van der Waals surface area contributed by atoms with E-state index in [0.29, 0.717) is 18.3 Å². The Morgan fingerprint density at radius 2 is 2.35 bits per heavy atom. The van der Waals surface area contributed by atoms with E-state index in [-0.39, 0.29) is 5.91 Å². The summed E-state index contributed by atoms with van der Waals surface area (Å²) in [6.45, 7) is 3.13. The Bertz CT molecular complexity index is 690. The van der Waals surface area contributed by atoms with Gasteiger partial charge in [-0.25, -0.2) is 9.97 Å². The molecule has 0 radical (unpaired) electrons. The molecule has 1 N–H and O–H groups in total. The Morgan fingerprint density at radius 3 is 3.00 bits per heavy atom. The van der Waals surface area contributed by atoms with Crippen LogP contribution in [0.5, 0.6) is 5.88 Å². The SMILES string of the molecule is Cc1nc(/C=C\C(=O)NCc2ccc(OCC3CC3)nc2)cs1. The lowest BCUT2D eigenvalue weighted by Gasteiger charge is -2.05. The van der Waals surface area contributed by atoms with Crippen molar-refractivity contribution in [2.45, 2.75) is 26.3 Å². The van der Waals surface area contributed by atoms with Gasteiger partial charge in [0.05, 0.1) is 17.3 Å².